The second-order valence-electron chi connectivity index (χ2n) is 4.23. The van der Waals surface area contributed by atoms with Crippen LogP contribution in [0.15, 0.2) is 41.3 Å². The minimum Gasteiger partial charge on any atom is -0.398 e. The summed E-state index contributed by atoms with van der Waals surface area (Å²) in [6.07, 6.45) is 0. The number of rotatable bonds is 3. The van der Waals surface area contributed by atoms with Crippen molar-refractivity contribution < 1.29 is 4.21 Å². The molecular weight excluding hydrogens is 244 g/mol. The fourth-order valence-corrected chi connectivity index (χ4v) is 3.04. The highest BCUT2D eigenvalue weighted by atomic mass is 32.2. The van der Waals surface area contributed by atoms with Crippen LogP contribution >= 0.6 is 0 Å². The SMILES string of the molecule is Cc1cccc(CS(=O)c2cccc(N)c2C)n1. The summed E-state index contributed by atoms with van der Waals surface area (Å²) in [4.78, 5) is 5.16. The van der Waals surface area contributed by atoms with E-state index in [1.54, 1.807) is 0 Å². The molecule has 0 saturated carbocycles. The fourth-order valence-electron chi connectivity index (χ4n) is 1.77. The molecule has 0 aliphatic carbocycles. The Balaban J connectivity index is 2.25. The summed E-state index contributed by atoms with van der Waals surface area (Å²) in [7, 11) is -1.11. The van der Waals surface area contributed by atoms with Crippen LogP contribution in [0.4, 0.5) is 5.69 Å². The Bertz CT molecular complexity index is 596. The standard InChI is InChI=1S/C14H16N2OS/c1-10-5-3-6-12(16-10)9-18(17)14-8-4-7-13(15)11(14)2/h3-8H,9,15H2,1-2H3. The highest BCUT2D eigenvalue weighted by molar-refractivity contribution is 7.84. The van der Waals surface area contributed by atoms with Gasteiger partial charge in [0.25, 0.3) is 0 Å². The molecule has 1 aromatic carbocycles. The van der Waals surface area contributed by atoms with E-state index in [-0.39, 0.29) is 0 Å². The number of nitrogen functional groups attached to an aromatic ring is 1. The van der Waals surface area contributed by atoms with Crippen LogP contribution in [0.25, 0.3) is 0 Å². The van der Waals surface area contributed by atoms with Crippen molar-refractivity contribution in [3.63, 3.8) is 0 Å². The van der Waals surface area contributed by atoms with Crippen LogP contribution in [0.2, 0.25) is 0 Å². The van der Waals surface area contributed by atoms with E-state index in [1.807, 2.05) is 50.2 Å². The zero-order valence-corrected chi connectivity index (χ0v) is 11.3. The number of anilines is 1. The summed E-state index contributed by atoms with van der Waals surface area (Å²) in [6, 6.07) is 11.3. The lowest BCUT2D eigenvalue weighted by Gasteiger charge is -2.08. The Hall–Kier alpha value is -1.68. The van der Waals surface area contributed by atoms with Crippen molar-refractivity contribution in [3.05, 3.63) is 53.3 Å². The average Bonchev–Trinajstić information content (AvgIpc) is 2.32. The lowest BCUT2D eigenvalue weighted by molar-refractivity contribution is 0.681. The Kier molecular flexibility index (Phi) is 3.77. The summed E-state index contributed by atoms with van der Waals surface area (Å²) in [6.45, 7) is 3.82. The molecule has 1 unspecified atom stereocenters. The van der Waals surface area contributed by atoms with Gasteiger partial charge in [-0.1, -0.05) is 12.1 Å². The van der Waals surface area contributed by atoms with E-state index in [1.165, 1.54) is 0 Å². The molecule has 3 nitrogen and oxygen atoms in total. The van der Waals surface area contributed by atoms with Crippen molar-refractivity contribution >= 4 is 16.5 Å². The molecule has 1 atom stereocenters. The maximum Gasteiger partial charge on any atom is 0.0705 e. The molecule has 0 spiro atoms. The average molecular weight is 260 g/mol. The van der Waals surface area contributed by atoms with Crippen molar-refractivity contribution in [1.29, 1.82) is 0 Å². The molecule has 2 N–H and O–H groups in total. The first kappa shape index (κ1) is 12.8. The van der Waals surface area contributed by atoms with Gasteiger partial charge in [-0.2, -0.15) is 0 Å². The first-order valence-corrected chi connectivity index (χ1v) is 7.06. The van der Waals surface area contributed by atoms with Gasteiger partial charge in [0.1, 0.15) is 0 Å². The van der Waals surface area contributed by atoms with Gasteiger partial charge in [-0.3, -0.25) is 9.19 Å². The first-order valence-electron chi connectivity index (χ1n) is 5.74. The smallest absolute Gasteiger partial charge is 0.0705 e. The van der Waals surface area contributed by atoms with E-state index in [4.69, 9.17) is 5.73 Å². The quantitative estimate of drug-likeness (QED) is 0.863. The lowest BCUT2D eigenvalue weighted by Crippen LogP contribution is -2.03. The second-order valence-corrected chi connectivity index (χ2v) is 5.65. The number of benzene rings is 1. The summed E-state index contributed by atoms with van der Waals surface area (Å²) in [5.74, 6) is 0.423. The van der Waals surface area contributed by atoms with Gasteiger partial charge in [-0.15, -0.1) is 0 Å². The van der Waals surface area contributed by atoms with E-state index in [0.29, 0.717) is 11.4 Å². The summed E-state index contributed by atoms with van der Waals surface area (Å²) in [5.41, 5.74) is 9.18. The topological polar surface area (TPSA) is 56.0 Å². The highest BCUT2D eigenvalue weighted by Crippen LogP contribution is 2.20. The fraction of sp³-hybridized carbons (Fsp3) is 0.214. The van der Waals surface area contributed by atoms with Gasteiger partial charge in [0.05, 0.1) is 22.2 Å². The molecule has 0 aliphatic heterocycles. The van der Waals surface area contributed by atoms with Crippen molar-refractivity contribution in [1.82, 2.24) is 4.98 Å². The van der Waals surface area contributed by atoms with Crippen molar-refractivity contribution in [2.75, 3.05) is 5.73 Å². The number of nitrogens with zero attached hydrogens (tertiary/aromatic N) is 1. The Morgan fingerprint density at radius 2 is 1.89 bits per heavy atom. The lowest BCUT2D eigenvalue weighted by atomic mass is 10.2. The normalized spacial score (nSPS) is 12.3. The van der Waals surface area contributed by atoms with Gasteiger partial charge in [-0.25, -0.2) is 0 Å². The zero-order chi connectivity index (χ0) is 13.1. The van der Waals surface area contributed by atoms with Gasteiger partial charge >= 0.3 is 0 Å². The summed E-state index contributed by atoms with van der Waals surface area (Å²) >= 11 is 0. The molecule has 0 radical (unpaired) electrons. The van der Waals surface area contributed by atoms with Gasteiger partial charge < -0.3 is 5.73 Å². The summed E-state index contributed by atoms with van der Waals surface area (Å²) in [5, 5.41) is 0. The maximum absolute atomic E-state index is 12.3. The van der Waals surface area contributed by atoms with Crippen LogP contribution in [-0.2, 0) is 16.6 Å². The zero-order valence-electron chi connectivity index (χ0n) is 10.5. The monoisotopic (exact) mass is 260 g/mol. The van der Waals surface area contributed by atoms with Crippen molar-refractivity contribution in [3.8, 4) is 0 Å². The number of aryl methyl sites for hydroxylation is 1. The predicted octanol–water partition coefficient (Wildman–Crippen LogP) is 2.59. The largest absolute Gasteiger partial charge is 0.398 e. The van der Waals surface area contributed by atoms with Gasteiger partial charge in [0, 0.05) is 16.3 Å². The van der Waals surface area contributed by atoms with Crippen LogP contribution in [0.3, 0.4) is 0 Å². The Labute approximate surface area is 110 Å². The molecule has 0 bridgehead atoms. The molecular formula is C14H16N2OS. The van der Waals surface area contributed by atoms with Crippen LogP contribution in [0.5, 0.6) is 0 Å². The molecule has 0 fully saturated rings. The van der Waals surface area contributed by atoms with E-state index in [0.717, 1.165) is 21.8 Å². The van der Waals surface area contributed by atoms with Crippen molar-refractivity contribution in [2.45, 2.75) is 24.5 Å². The van der Waals surface area contributed by atoms with Crippen molar-refractivity contribution in [2.24, 2.45) is 0 Å². The maximum atomic E-state index is 12.3. The minimum atomic E-state index is -1.11. The van der Waals surface area contributed by atoms with E-state index < -0.39 is 10.8 Å². The highest BCUT2D eigenvalue weighted by Gasteiger charge is 2.10. The van der Waals surface area contributed by atoms with Crippen LogP contribution in [0, 0.1) is 13.8 Å². The number of aromatic nitrogens is 1. The molecule has 1 aromatic heterocycles. The number of hydrogen-bond acceptors (Lipinski definition) is 3. The van der Waals surface area contributed by atoms with E-state index in [2.05, 4.69) is 4.98 Å². The Morgan fingerprint density at radius 1 is 1.17 bits per heavy atom. The van der Waals surface area contributed by atoms with Gasteiger partial charge in [0.2, 0.25) is 0 Å². The third kappa shape index (κ3) is 2.76. The molecule has 0 amide bonds. The number of pyridine rings is 1. The van der Waals surface area contributed by atoms with Crippen LogP contribution in [-0.4, -0.2) is 9.19 Å². The number of nitrogens with two attached hydrogens (primary N) is 1. The van der Waals surface area contributed by atoms with Crippen LogP contribution < -0.4 is 5.73 Å². The minimum absolute atomic E-state index is 0.423. The number of hydrogen-bond donors (Lipinski definition) is 1. The molecule has 18 heavy (non-hydrogen) atoms. The third-order valence-corrected chi connectivity index (χ3v) is 4.29. The van der Waals surface area contributed by atoms with Crippen LogP contribution in [0.1, 0.15) is 17.0 Å². The molecule has 0 aliphatic rings. The molecule has 1 heterocycles. The molecule has 2 rings (SSSR count). The van der Waals surface area contributed by atoms with E-state index >= 15 is 0 Å². The first-order chi connectivity index (χ1) is 8.58. The Morgan fingerprint density at radius 3 is 2.61 bits per heavy atom. The molecule has 4 heteroatoms. The summed E-state index contributed by atoms with van der Waals surface area (Å²) < 4.78 is 12.3. The predicted molar refractivity (Wildman–Crippen MR) is 74.7 cm³/mol. The molecule has 2 aromatic rings. The van der Waals surface area contributed by atoms with Gasteiger partial charge in [-0.05, 0) is 43.7 Å². The third-order valence-electron chi connectivity index (χ3n) is 2.80. The van der Waals surface area contributed by atoms with Gasteiger partial charge in [0.15, 0.2) is 0 Å². The molecule has 0 saturated heterocycles. The van der Waals surface area contributed by atoms with E-state index in [9.17, 15) is 4.21 Å². The second kappa shape index (κ2) is 5.31. The molecule has 94 valence electrons.